The van der Waals surface area contributed by atoms with Crippen LogP contribution in [0.5, 0.6) is 0 Å². The monoisotopic (exact) mass is 284 g/mol. The highest BCUT2D eigenvalue weighted by atomic mass is 35.5. The molecule has 0 aliphatic rings. The average Bonchev–Trinajstić information content (AvgIpc) is 2.37. The molecule has 1 amide bonds. The topological polar surface area (TPSA) is 41.1 Å². The van der Waals surface area contributed by atoms with E-state index < -0.39 is 0 Å². The summed E-state index contributed by atoms with van der Waals surface area (Å²) in [7, 11) is 1.86. The molecule has 3 nitrogen and oxygen atoms in total. The van der Waals surface area contributed by atoms with Crippen LogP contribution in [0, 0.1) is 5.92 Å². The summed E-state index contributed by atoms with van der Waals surface area (Å²) in [6.45, 7) is 7.58. The van der Waals surface area contributed by atoms with E-state index in [0.717, 1.165) is 0 Å². The van der Waals surface area contributed by atoms with E-state index >= 15 is 0 Å². The van der Waals surface area contributed by atoms with E-state index in [-0.39, 0.29) is 29.6 Å². The van der Waals surface area contributed by atoms with Gasteiger partial charge < -0.3 is 10.6 Å². The predicted molar refractivity (Wildman–Crippen MR) is 82.8 cm³/mol. The zero-order chi connectivity index (χ0) is 13.6. The van der Waals surface area contributed by atoms with Crippen LogP contribution in [-0.4, -0.2) is 26.0 Å². The van der Waals surface area contributed by atoms with Crippen LogP contribution in [0.3, 0.4) is 0 Å². The molecule has 1 rings (SSSR count). The molecular weight excluding hydrogens is 260 g/mol. The van der Waals surface area contributed by atoms with Gasteiger partial charge in [0, 0.05) is 24.4 Å². The molecule has 0 aromatic heterocycles. The van der Waals surface area contributed by atoms with Crippen LogP contribution in [0.4, 0.5) is 0 Å². The molecule has 0 spiro atoms. The Labute approximate surface area is 122 Å². The Morgan fingerprint density at radius 3 is 2.37 bits per heavy atom. The second-order valence-electron chi connectivity index (χ2n) is 5.43. The molecule has 2 N–H and O–H groups in total. The number of hydrogen-bond donors (Lipinski definition) is 2. The van der Waals surface area contributed by atoms with Gasteiger partial charge in [0.25, 0.3) is 0 Å². The number of carbonyl (C=O) groups is 1. The van der Waals surface area contributed by atoms with Crippen molar-refractivity contribution in [3.8, 4) is 0 Å². The Balaban J connectivity index is 0.00000324. The van der Waals surface area contributed by atoms with Crippen molar-refractivity contribution in [2.24, 2.45) is 5.92 Å². The van der Waals surface area contributed by atoms with Crippen LogP contribution in [0.1, 0.15) is 26.3 Å². The highest BCUT2D eigenvalue weighted by Crippen LogP contribution is 2.21. The average molecular weight is 285 g/mol. The minimum Gasteiger partial charge on any atom is -0.355 e. The number of halogens is 1. The fourth-order valence-electron chi connectivity index (χ4n) is 1.87. The maximum Gasteiger partial charge on any atom is 0.224 e. The van der Waals surface area contributed by atoms with Crippen molar-refractivity contribution < 1.29 is 4.79 Å². The minimum atomic E-state index is -0.0454. The summed E-state index contributed by atoms with van der Waals surface area (Å²) in [5, 5.41) is 6.04. The van der Waals surface area contributed by atoms with Gasteiger partial charge in [0.15, 0.2) is 0 Å². The largest absolute Gasteiger partial charge is 0.355 e. The first-order valence-electron chi connectivity index (χ1n) is 6.45. The number of nitrogens with one attached hydrogen (secondary N) is 2. The number of amides is 1. The lowest BCUT2D eigenvalue weighted by Gasteiger charge is -2.26. The molecule has 0 saturated carbocycles. The van der Waals surface area contributed by atoms with E-state index in [1.807, 2.05) is 32.2 Å². The molecule has 1 atom stereocenters. The zero-order valence-electron chi connectivity index (χ0n) is 12.2. The lowest BCUT2D eigenvalue weighted by molar-refractivity contribution is -0.124. The molecule has 0 saturated heterocycles. The highest BCUT2D eigenvalue weighted by Gasteiger charge is 2.22. The lowest BCUT2D eigenvalue weighted by Crippen LogP contribution is -2.41. The summed E-state index contributed by atoms with van der Waals surface area (Å²) in [5.74, 6) is 0.106. The van der Waals surface area contributed by atoms with E-state index in [0.29, 0.717) is 13.1 Å². The normalized spacial score (nSPS) is 12.4. The van der Waals surface area contributed by atoms with Crippen LogP contribution >= 0.6 is 12.4 Å². The first-order valence-corrected chi connectivity index (χ1v) is 6.45. The predicted octanol–water partition coefficient (Wildman–Crippen LogP) is 2.36. The maximum atomic E-state index is 11.9. The SMILES string of the molecule is CNCC(C)C(=O)NCC(C)(C)c1ccccc1.Cl. The van der Waals surface area contributed by atoms with E-state index in [4.69, 9.17) is 0 Å². The zero-order valence-corrected chi connectivity index (χ0v) is 13.0. The summed E-state index contributed by atoms with van der Waals surface area (Å²) in [6.07, 6.45) is 0. The summed E-state index contributed by atoms with van der Waals surface area (Å²) in [4.78, 5) is 11.9. The van der Waals surface area contributed by atoms with Gasteiger partial charge in [-0.25, -0.2) is 0 Å². The molecule has 0 bridgehead atoms. The lowest BCUT2D eigenvalue weighted by atomic mass is 9.84. The Morgan fingerprint density at radius 2 is 1.84 bits per heavy atom. The molecule has 0 aliphatic heterocycles. The van der Waals surface area contributed by atoms with Gasteiger partial charge in [-0.05, 0) is 12.6 Å². The molecule has 19 heavy (non-hydrogen) atoms. The Hall–Kier alpha value is -1.06. The quantitative estimate of drug-likeness (QED) is 0.842. The smallest absolute Gasteiger partial charge is 0.224 e. The summed E-state index contributed by atoms with van der Waals surface area (Å²) >= 11 is 0. The molecule has 1 unspecified atom stereocenters. The third-order valence-corrected chi connectivity index (χ3v) is 3.22. The van der Waals surface area contributed by atoms with Gasteiger partial charge in [-0.1, -0.05) is 51.1 Å². The van der Waals surface area contributed by atoms with Crippen LogP contribution in [0.15, 0.2) is 30.3 Å². The first kappa shape index (κ1) is 17.9. The fraction of sp³-hybridized carbons (Fsp3) is 0.533. The summed E-state index contributed by atoms with van der Waals surface area (Å²) in [5.41, 5.74) is 1.20. The molecule has 0 fully saturated rings. The minimum absolute atomic E-state index is 0. The van der Waals surface area contributed by atoms with Crippen LogP contribution in [0.2, 0.25) is 0 Å². The molecule has 1 aromatic rings. The molecule has 0 heterocycles. The van der Waals surface area contributed by atoms with Gasteiger partial charge in [0.2, 0.25) is 5.91 Å². The van der Waals surface area contributed by atoms with E-state index in [9.17, 15) is 4.79 Å². The third kappa shape index (κ3) is 5.62. The van der Waals surface area contributed by atoms with Crippen molar-refractivity contribution in [2.75, 3.05) is 20.1 Å². The van der Waals surface area contributed by atoms with E-state index in [1.54, 1.807) is 0 Å². The summed E-state index contributed by atoms with van der Waals surface area (Å²) in [6, 6.07) is 10.3. The van der Waals surface area contributed by atoms with Crippen LogP contribution < -0.4 is 10.6 Å². The molecule has 0 radical (unpaired) electrons. The second-order valence-corrected chi connectivity index (χ2v) is 5.43. The van der Waals surface area contributed by atoms with Gasteiger partial charge in [-0.3, -0.25) is 4.79 Å². The van der Waals surface area contributed by atoms with Gasteiger partial charge >= 0.3 is 0 Å². The molecular formula is C15H25ClN2O. The van der Waals surface area contributed by atoms with E-state index in [1.165, 1.54) is 5.56 Å². The molecule has 4 heteroatoms. The van der Waals surface area contributed by atoms with Crippen molar-refractivity contribution in [3.63, 3.8) is 0 Å². The first-order chi connectivity index (χ1) is 8.47. The van der Waals surface area contributed by atoms with Crippen molar-refractivity contribution in [2.45, 2.75) is 26.2 Å². The van der Waals surface area contributed by atoms with E-state index in [2.05, 4.69) is 36.6 Å². The second kappa shape index (κ2) is 8.18. The third-order valence-electron chi connectivity index (χ3n) is 3.22. The van der Waals surface area contributed by atoms with Crippen molar-refractivity contribution in [1.82, 2.24) is 10.6 Å². The molecule has 0 aliphatic carbocycles. The maximum absolute atomic E-state index is 11.9. The van der Waals surface area contributed by atoms with Crippen LogP contribution in [0.25, 0.3) is 0 Å². The molecule has 1 aromatic carbocycles. The van der Waals surface area contributed by atoms with Crippen molar-refractivity contribution in [1.29, 1.82) is 0 Å². The molecule has 108 valence electrons. The van der Waals surface area contributed by atoms with Gasteiger partial charge in [-0.15, -0.1) is 12.4 Å². The Bertz CT molecular complexity index is 379. The van der Waals surface area contributed by atoms with Gasteiger partial charge in [0.05, 0.1) is 0 Å². The number of hydrogen-bond acceptors (Lipinski definition) is 2. The van der Waals surface area contributed by atoms with Gasteiger partial charge in [0.1, 0.15) is 0 Å². The van der Waals surface area contributed by atoms with Crippen LogP contribution in [-0.2, 0) is 10.2 Å². The van der Waals surface area contributed by atoms with Crippen molar-refractivity contribution >= 4 is 18.3 Å². The van der Waals surface area contributed by atoms with Crippen molar-refractivity contribution in [3.05, 3.63) is 35.9 Å². The number of benzene rings is 1. The highest BCUT2D eigenvalue weighted by molar-refractivity contribution is 5.85. The Kier molecular flexibility index (Phi) is 7.72. The Morgan fingerprint density at radius 1 is 1.26 bits per heavy atom. The summed E-state index contributed by atoms with van der Waals surface area (Å²) < 4.78 is 0. The van der Waals surface area contributed by atoms with Gasteiger partial charge in [-0.2, -0.15) is 0 Å². The number of carbonyl (C=O) groups excluding carboxylic acids is 1. The fourth-order valence-corrected chi connectivity index (χ4v) is 1.87. The number of rotatable bonds is 6. The standard InChI is InChI=1S/C15H24N2O.ClH/c1-12(10-16-4)14(18)17-11-15(2,3)13-8-6-5-7-9-13;/h5-9,12,16H,10-11H2,1-4H3,(H,17,18);1H.